The third-order valence-electron chi connectivity index (χ3n) is 13.0. The molecular formula is C47H53FN5O8PS. The van der Waals surface area contributed by atoms with Gasteiger partial charge in [0.2, 0.25) is 17.7 Å². The van der Waals surface area contributed by atoms with Gasteiger partial charge in [-0.15, -0.1) is 11.3 Å². The lowest BCUT2D eigenvalue weighted by Crippen LogP contribution is -2.57. The van der Waals surface area contributed by atoms with Crippen LogP contribution in [0.1, 0.15) is 104 Å². The third-order valence-corrected chi connectivity index (χ3v) is 16.2. The van der Waals surface area contributed by atoms with Crippen molar-refractivity contribution in [1.82, 2.24) is 20.2 Å². The number of likely N-dealkylation sites (tertiary alicyclic amines) is 1. The molecule has 4 heterocycles. The van der Waals surface area contributed by atoms with E-state index in [0.29, 0.717) is 52.9 Å². The first-order valence-electron chi connectivity index (χ1n) is 21.8. The van der Waals surface area contributed by atoms with Gasteiger partial charge in [0.05, 0.1) is 36.1 Å². The number of fused-ring (bicyclic) bond motifs is 2. The molecule has 1 spiro atoms. The van der Waals surface area contributed by atoms with E-state index in [9.17, 15) is 29.0 Å². The molecule has 332 valence electrons. The van der Waals surface area contributed by atoms with Crippen molar-refractivity contribution in [2.45, 2.75) is 113 Å². The average molecular weight is 898 g/mol. The fraction of sp³-hybridized carbons (Fsp3) is 0.468. The smallest absolute Gasteiger partial charge is 0.355 e. The third kappa shape index (κ3) is 8.82. The first-order chi connectivity index (χ1) is 30.4. The van der Waals surface area contributed by atoms with E-state index < -0.39 is 49.0 Å². The van der Waals surface area contributed by atoms with Crippen LogP contribution in [-0.2, 0) is 23.7 Å². The van der Waals surface area contributed by atoms with E-state index >= 15 is 4.39 Å². The molecule has 0 radical (unpaired) electrons. The first-order valence-corrected chi connectivity index (χ1v) is 24.3. The predicted molar refractivity (Wildman–Crippen MR) is 236 cm³/mol. The summed E-state index contributed by atoms with van der Waals surface area (Å²) < 4.78 is 48.0. The summed E-state index contributed by atoms with van der Waals surface area (Å²) >= 11 is 1.18. The zero-order valence-electron chi connectivity index (χ0n) is 35.7. The van der Waals surface area contributed by atoms with Gasteiger partial charge < -0.3 is 29.1 Å². The molecule has 3 aromatic carbocycles. The van der Waals surface area contributed by atoms with Crippen LogP contribution in [0.4, 0.5) is 4.39 Å². The largest absolute Gasteiger partial charge is 0.497 e. The van der Waals surface area contributed by atoms with E-state index in [1.165, 1.54) is 42.5 Å². The summed E-state index contributed by atoms with van der Waals surface area (Å²) in [6, 6.07) is 21.7. The molecule has 3 saturated heterocycles. The molecule has 1 aliphatic carbocycles. The van der Waals surface area contributed by atoms with Crippen LogP contribution < -0.4 is 19.7 Å². The van der Waals surface area contributed by atoms with Crippen LogP contribution in [0.2, 0.25) is 0 Å². The number of ether oxygens (including phenoxy) is 2. The summed E-state index contributed by atoms with van der Waals surface area (Å²) in [6.07, 6.45) is 5.97. The van der Waals surface area contributed by atoms with E-state index in [-0.39, 0.29) is 47.6 Å². The van der Waals surface area contributed by atoms with E-state index in [1.807, 2.05) is 36.1 Å². The van der Waals surface area contributed by atoms with Crippen molar-refractivity contribution in [1.29, 1.82) is 5.26 Å². The first kappa shape index (κ1) is 44.3. The highest BCUT2D eigenvalue weighted by molar-refractivity contribution is 7.57. The number of carbonyl (C=O) groups is 4. The predicted octanol–water partition coefficient (Wildman–Crippen LogP) is 8.41. The number of nitrogens with zero attached hydrogens (tertiary/aromatic N) is 3. The molecule has 1 saturated carbocycles. The highest BCUT2D eigenvalue weighted by Crippen LogP contribution is 2.59. The summed E-state index contributed by atoms with van der Waals surface area (Å²) in [7, 11) is -2.86. The lowest BCUT2D eigenvalue weighted by Gasteiger charge is -2.37. The SMILES string of the molecule is CCCOC(=O)[C@H](C)NP(=O)(Oc1ccccc1)[C@@H](F)c1ccc2sc(C(=O)N[C@H]3CCCC[C@H]4CC[C@@H](C(=O)N5CC(c6cccc(OC)c6)[C@H](C#N)C56CC6)N4C3=O)cc2c1. The maximum atomic E-state index is 16.6. The second kappa shape index (κ2) is 18.4. The van der Waals surface area contributed by atoms with Crippen molar-refractivity contribution in [2.24, 2.45) is 5.92 Å². The Morgan fingerprint density at radius 3 is 2.49 bits per heavy atom. The molecule has 4 aromatic rings. The molecule has 0 bridgehead atoms. The summed E-state index contributed by atoms with van der Waals surface area (Å²) in [5, 5.41) is 16.5. The van der Waals surface area contributed by atoms with E-state index in [0.717, 1.165) is 37.7 Å². The maximum absolute atomic E-state index is 16.6. The number of amides is 3. The van der Waals surface area contributed by atoms with Crippen molar-refractivity contribution < 1.29 is 42.1 Å². The number of halogens is 1. The molecular weight excluding hydrogens is 845 g/mol. The molecule has 1 aromatic heterocycles. The molecule has 16 heteroatoms. The van der Waals surface area contributed by atoms with E-state index in [2.05, 4.69) is 16.5 Å². The highest BCUT2D eigenvalue weighted by Gasteiger charge is 2.64. The van der Waals surface area contributed by atoms with Crippen LogP contribution in [0.5, 0.6) is 11.5 Å². The molecule has 2 N–H and O–H groups in total. The zero-order chi connectivity index (χ0) is 44.5. The summed E-state index contributed by atoms with van der Waals surface area (Å²) in [4.78, 5) is 59.8. The zero-order valence-corrected chi connectivity index (χ0v) is 37.4. The number of methoxy groups -OCH3 is 1. The van der Waals surface area contributed by atoms with Gasteiger partial charge >= 0.3 is 13.5 Å². The van der Waals surface area contributed by atoms with Crippen LogP contribution in [-0.4, -0.2) is 83.5 Å². The molecule has 3 amide bonds. The normalized spacial score (nSPS) is 24.6. The molecule has 4 fully saturated rings. The van der Waals surface area contributed by atoms with Crippen LogP contribution in [0, 0.1) is 17.2 Å². The number of nitrogens with one attached hydrogen (secondary N) is 2. The quantitative estimate of drug-likeness (QED) is 0.0927. The molecule has 8 rings (SSSR count). The number of hydrogen-bond donors (Lipinski definition) is 2. The Balaban J connectivity index is 0.991. The number of esters is 1. The second-order valence-corrected chi connectivity index (χ2v) is 20.3. The monoisotopic (exact) mass is 897 g/mol. The van der Waals surface area contributed by atoms with Crippen LogP contribution in [0.15, 0.2) is 78.9 Å². The number of hydrogen-bond acceptors (Lipinski definition) is 10. The van der Waals surface area contributed by atoms with Gasteiger partial charge in [-0.1, -0.05) is 56.2 Å². The van der Waals surface area contributed by atoms with Gasteiger partial charge in [0.25, 0.3) is 5.91 Å². The lowest BCUT2D eigenvalue weighted by atomic mass is 9.85. The number of nitriles is 1. The number of para-hydroxylation sites is 1. The molecule has 63 heavy (non-hydrogen) atoms. The number of rotatable bonds is 14. The van der Waals surface area contributed by atoms with Gasteiger partial charge in [-0.05, 0) is 111 Å². The van der Waals surface area contributed by atoms with Crippen molar-refractivity contribution in [2.75, 3.05) is 20.3 Å². The van der Waals surface area contributed by atoms with E-state index in [4.69, 9.17) is 14.0 Å². The molecule has 2 unspecified atom stereocenters. The fourth-order valence-corrected chi connectivity index (χ4v) is 12.5. The number of carbonyl (C=O) groups excluding carboxylic acids is 4. The van der Waals surface area contributed by atoms with Gasteiger partial charge in [-0.25, -0.2) is 9.48 Å². The van der Waals surface area contributed by atoms with Crippen LogP contribution >= 0.6 is 18.9 Å². The fourth-order valence-electron chi connectivity index (χ4n) is 9.69. The Bertz CT molecular complexity index is 2460. The summed E-state index contributed by atoms with van der Waals surface area (Å²) in [5.41, 5.74) is 0.397. The van der Waals surface area contributed by atoms with Crippen molar-refractivity contribution in [3.8, 4) is 17.6 Å². The number of alkyl halides is 1. The van der Waals surface area contributed by atoms with Crippen molar-refractivity contribution >= 4 is 52.6 Å². The Kier molecular flexibility index (Phi) is 13.0. The second-order valence-electron chi connectivity index (χ2n) is 17.1. The van der Waals surface area contributed by atoms with Crippen LogP contribution in [0.3, 0.4) is 0 Å². The van der Waals surface area contributed by atoms with E-state index in [1.54, 1.807) is 42.3 Å². The Morgan fingerprint density at radius 2 is 1.76 bits per heavy atom. The average Bonchev–Trinajstić information content (AvgIpc) is 3.61. The van der Waals surface area contributed by atoms with Gasteiger partial charge in [-0.2, -0.15) is 5.26 Å². The minimum Gasteiger partial charge on any atom is -0.497 e. The van der Waals surface area contributed by atoms with Crippen LogP contribution in [0.25, 0.3) is 10.1 Å². The van der Waals surface area contributed by atoms with Gasteiger partial charge in [0, 0.05) is 23.2 Å². The van der Waals surface area contributed by atoms with Gasteiger partial charge in [0.15, 0.2) is 0 Å². The van der Waals surface area contributed by atoms with Gasteiger partial charge in [-0.3, -0.25) is 23.7 Å². The maximum Gasteiger partial charge on any atom is 0.355 e. The number of benzene rings is 3. The Labute approximate surface area is 370 Å². The summed E-state index contributed by atoms with van der Waals surface area (Å²) in [6.45, 7) is 3.81. The summed E-state index contributed by atoms with van der Waals surface area (Å²) in [5.74, 6) is -3.53. The van der Waals surface area contributed by atoms with Crippen molar-refractivity contribution in [3.63, 3.8) is 0 Å². The highest BCUT2D eigenvalue weighted by atomic mass is 32.1. The van der Waals surface area contributed by atoms with Gasteiger partial charge in [0.1, 0.15) is 29.6 Å². The minimum atomic E-state index is -4.46. The minimum absolute atomic E-state index is 0.0148. The Hall–Kier alpha value is -5.29. The lowest BCUT2D eigenvalue weighted by molar-refractivity contribution is -0.148. The molecule has 8 atom stereocenters. The van der Waals surface area contributed by atoms with Crippen molar-refractivity contribution in [3.05, 3.63) is 94.9 Å². The molecule has 4 aliphatic rings. The molecule has 3 aliphatic heterocycles. The standard InChI is InChI=1S/C47H53FN5O8PS/c1-4-23-60-46(57)29(2)51-62(58,61-34-13-6-5-7-14-34)42(48)31-17-20-40-32(24-31)26-41(63-40)43(54)50-38-16-9-8-12-33-18-19-39(53(33)44(38)55)45(56)52-28-36(37(27-49)47(52)21-22-47)30-11-10-15-35(25-30)59-3/h5-7,10-11,13-15,17,20,24-26,29,33,36-39,42H,4,8-9,12,16,18-19,21-23,28H2,1-3H3,(H,50,54)(H,51,58)/t29-,33-,36?,37-,38-,39-,42+,62?/m0/s1. The Morgan fingerprint density at radius 1 is 1.00 bits per heavy atom. The molecule has 13 nitrogen and oxygen atoms in total. The number of thiophene rings is 1. The topological polar surface area (TPSA) is 167 Å².